The third-order valence-corrected chi connectivity index (χ3v) is 8.15. The van der Waals surface area contributed by atoms with Crippen LogP contribution in [0, 0.1) is 0 Å². The second kappa shape index (κ2) is 14.4. The molecule has 1 heterocycles. The number of methoxy groups -OCH3 is 2. The monoisotopic (exact) mass is 621 g/mol. The highest BCUT2D eigenvalue weighted by Crippen LogP contribution is 2.32. The van der Waals surface area contributed by atoms with Gasteiger partial charge in [-0.25, -0.2) is 0 Å². The molecule has 10 heteroatoms. The molecule has 0 saturated carbocycles. The van der Waals surface area contributed by atoms with E-state index in [9.17, 15) is 19.2 Å². The number of amides is 4. The normalized spacial score (nSPS) is 12.5. The third-order valence-electron chi connectivity index (χ3n) is 7.05. The number of nitrogens with one attached hydrogen (secondary N) is 2. The molecular weight excluding hydrogens is 590 g/mol. The first-order chi connectivity index (χ1) is 21.9. The number of para-hydroxylation sites is 1. The van der Waals surface area contributed by atoms with Crippen LogP contribution in [0.1, 0.15) is 43.1 Å². The van der Waals surface area contributed by atoms with E-state index in [1.165, 1.54) is 25.2 Å². The third kappa shape index (κ3) is 7.25. The molecule has 0 saturated heterocycles. The Labute approximate surface area is 265 Å². The van der Waals surface area contributed by atoms with Crippen molar-refractivity contribution in [3.05, 3.63) is 125 Å². The van der Waals surface area contributed by atoms with Crippen molar-refractivity contribution in [2.24, 2.45) is 0 Å². The molecule has 0 radical (unpaired) electrons. The molecule has 4 aromatic rings. The lowest BCUT2D eigenvalue weighted by atomic mass is 10.1. The van der Waals surface area contributed by atoms with Gasteiger partial charge in [0.2, 0.25) is 0 Å². The molecule has 0 atom stereocenters. The van der Waals surface area contributed by atoms with E-state index in [2.05, 4.69) is 10.6 Å². The molecule has 4 aromatic carbocycles. The van der Waals surface area contributed by atoms with Gasteiger partial charge in [-0.3, -0.25) is 24.1 Å². The van der Waals surface area contributed by atoms with Crippen LogP contribution in [0.2, 0.25) is 0 Å². The molecule has 0 aromatic heterocycles. The van der Waals surface area contributed by atoms with E-state index in [4.69, 9.17) is 9.47 Å². The van der Waals surface area contributed by atoms with Crippen LogP contribution in [-0.4, -0.2) is 55.0 Å². The van der Waals surface area contributed by atoms with Crippen molar-refractivity contribution in [1.82, 2.24) is 10.2 Å². The van der Waals surface area contributed by atoms with Crippen molar-refractivity contribution in [3.8, 4) is 11.5 Å². The van der Waals surface area contributed by atoms with E-state index in [1.54, 1.807) is 96.7 Å². The van der Waals surface area contributed by atoms with Gasteiger partial charge in [-0.05, 0) is 72.8 Å². The number of benzene rings is 4. The molecule has 228 valence electrons. The lowest BCUT2D eigenvalue weighted by Crippen LogP contribution is -2.31. The Morgan fingerprint density at radius 2 is 1.47 bits per heavy atom. The molecule has 9 nitrogen and oxygen atoms in total. The van der Waals surface area contributed by atoms with Crippen LogP contribution in [-0.2, 0) is 4.79 Å². The zero-order valence-electron chi connectivity index (χ0n) is 24.7. The van der Waals surface area contributed by atoms with Crippen LogP contribution in [0.25, 0.3) is 6.08 Å². The predicted molar refractivity (Wildman–Crippen MR) is 174 cm³/mol. The summed E-state index contributed by atoms with van der Waals surface area (Å²) < 4.78 is 10.9. The highest BCUT2D eigenvalue weighted by molar-refractivity contribution is 7.99. The lowest BCUT2D eigenvalue weighted by molar-refractivity contribution is -0.113. The number of hydrogen-bond donors (Lipinski definition) is 2. The highest BCUT2D eigenvalue weighted by atomic mass is 32.2. The molecule has 5 rings (SSSR count). The highest BCUT2D eigenvalue weighted by Gasteiger charge is 2.34. The number of anilines is 1. The molecule has 0 fully saturated rings. The van der Waals surface area contributed by atoms with Crippen LogP contribution in [0.15, 0.2) is 108 Å². The minimum Gasteiger partial charge on any atom is -0.493 e. The van der Waals surface area contributed by atoms with Crippen LogP contribution >= 0.6 is 11.8 Å². The van der Waals surface area contributed by atoms with Gasteiger partial charge in [0, 0.05) is 28.3 Å². The zero-order chi connectivity index (χ0) is 31.8. The Bertz CT molecular complexity index is 1720. The summed E-state index contributed by atoms with van der Waals surface area (Å²) in [5, 5.41) is 5.58. The van der Waals surface area contributed by atoms with Crippen molar-refractivity contribution >= 4 is 47.2 Å². The molecule has 0 unspecified atom stereocenters. The van der Waals surface area contributed by atoms with Crippen molar-refractivity contribution in [2.45, 2.75) is 11.3 Å². The number of imide groups is 1. The zero-order valence-corrected chi connectivity index (χ0v) is 25.6. The van der Waals surface area contributed by atoms with E-state index in [0.29, 0.717) is 58.2 Å². The largest absolute Gasteiger partial charge is 0.493 e. The average Bonchev–Trinajstić information content (AvgIpc) is 3.32. The minimum atomic E-state index is -0.523. The number of fused-ring (bicyclic) bond motifs is 1. The van der Waals surface area contributed by atoms with Gasteiger partial charge in [0.1, 0.15) is 5.70 Å². The number of thioether (sulfide) groups is 1. The smallest absolute Gasteiger partial charge is 0.272 e. The second-order valence-electron chi connectivity index (χ2n) is 9.95. The molecule has 0 spiro atoms. The minimum absolute atomic E-state index is 0.0158. The molecular formula is C35H31N3O6S. The van der Waals surface area contributed by atoms with Crippen molar-refractivity contribution in [1.29, 1.82) is 0 Å². The summed E-state index contributed by atoms with van der Waals surface area (Å²) in [5.41, 5.74) is 2.40. The molecule has 1 aliphatic rings. The van der Waals surface area contributed by atoms with Crippen molar-refractivity contribution in [2.75, 3.05) is 31.8 Å². The van der Waals surface area contributed by atoms with E-state index >= 15 is 0 Å². The molecule has 1 aliphatic heterocycles. The Kier molecular flexibility index (Phi) is 9.96. The maximum Gasteiger partial charge on any atom is 0.272 e. The van der Waals surface area contributed by atoms with Crippen LogP contribution in [0.3, 0.4) is 0 Å². The fourth-order valence-corrected chi connectivity index (χ4v) is 5.65. The SMILES string of the molecule is COc1cccc(/C=C(\NC(=O)c2ccccc2)C(=O)Nc2ccc(SCCCN3C(=O)c4ccccc4C3=O)cc2)c1OC. The number of ether oxygens (including phenoxy) is 2. The summed E-state index contributed by atoms with van der Waals surface area (Å²) in [6.45, 7) is 0.343. The Hall–Kier alpha value is -5.35. The molecule has 0 aliphatic carbocycles. The van der Waals surface area contributed by atoms with Gasteiger partial charge in [0.25, 0.3) is 23.6 Å². The van der Waals surface area contributed by atoms with Gasteiger partial charge in [0.15, 0.2) is 11.5 Å². The van der Waals surface area contributed by atoms with Gasteiger partial charge >= 0.3 is 0 Å². The Balaban J connectivity index is 1.23. The fraction of sp³-hybridized carbons (Fsp3) is 0.143. The maximum absolute atomic E-state index is 13.5. The van der Waals surface area contributed by atoms with Crippen LogP contribution in [0.4, 0.5) is 5.69 Å². The quantitative estimate of drug-likeness (QED) is 0.0878. The van der Waals surface area contributed by atoms with Gasteiger partial charge in [0.05, 0.1) is 25.3 Å². The van der Waals surface area contributed by atoms with E-state index < -0.39 is 11.8 Å². The van der Waals surface area contributed by atoms with Crippen LogP contribution in [0.5, 0.6) is 11.5 Å². The summed E-state index contributed by atoms with van der Waals surface area (Å²) in [5.74, 6) is 0.135. The van der Waals surface area contributed by atoms with Gasteiger partial charge < -0.3 is 20.1 Å². The van der Waals surface area contributed by atoms with E-state index in [0.717, 1.165) is 4.90 Å². The maximum atomic E-state index is 13.5. The van der Waals surface area contributed by atoms with Gasteiger partial charge in [-0.15, -0.1) is 11.8 Å². The van der Waals surface area contributed by atoms with E-state index in [-0.39, 0.29) is 17.5 Å². The molecule has 45 heavy (non-hydrogen) atoms. The Morgan fingerprint density at radius 1 is 0.800 bits per heavy atom. The van der Waals surface area contributed by atoms with E-state index in [1.807, 2.05) is 12.1 Å². The first-order valence-electron chi connectivity index (χ1n) is 14.2. The summed E-state index contributed by atoms with van der Waals surface area (Å²) >= 11 is 1.58. The Morgan fingerprint density at radius 3 is 2.11 bits per heavy atom. The first-order valence-corrected chi connectivity index (χ1v) is 15.2. The lowest BCUT2D eigenvalue weighted by Gasteiger charge is -2.14. The fourth-order valence-electron chi connectivity index (χ4n) is 4.81. The number of rotatable bonds is 12. The predicted octanol–water partition coefficient (Wildman–Crippen LogP) is 5.89. The standard InChI is InChI=1S/C35H31N3O6S/c1-43-30-15-8-12-24(31(30)44-2)22-29(37-32(39)23-10-4-3-5-11-23)33(40)36-25-16-18-26(19-17-25)45-21-9-20-38-34(41)27-13-6-7-14-28(27)35(38)42/h3-8,10-19,22H,9,20-21H2,1-2H3,(H,36,40)(H,37,39)/b29-22-. The van der Waals surface area contributed by atoms with Gasteiger partial charge in [-0.2, -0.15) is 0 Å². The number of carbonyl (C=O) groups excluding carboxylic acids is 4. The van der Waals surface area contributed by atoms with Crippen LogP contribution < -0.4 is 20.1 Å². The molecule has 4 amide bonds. The summed E-state index contributed by atoms with van der Waals surface area (Å²) in [4.78, 5) is 53.8. The van der Waals surface area contributed by atoms with Crippen molar-refractivity contribution < 1.29 is 28.7 Å². The number of hydrogen-bond acceptors (Lipinski definition) is 7. The number of carbonyl (C=O) groups is 4. The summed E-state index contributed by atoms with van der Waals surface area (Å²) in [7, 11) is 3.02. The topological polar surface area (TPSA) is 114 Å². The molecule has 2 N–H and O–H groups in total. The summed E-state index contributed by atoms with van der Waals surface area (Å²) in [6.07, 6.45) is 2.17. The molecule has 0 bridgehead atoms. The van der Waals surface area contributed by atoms with Crippen molar-refractivity contribution in [3.63, 3.8) is 0 Å². The first kappa shape index (κ1) is 31.1. The second-order valence-corrected chi connectivity index (χ2v) is 11.1. The van der Waals surface area contributed by atoms with Gasteiger partial charge in [-0.1, -0.05) is 42.5 Å². The summed E-state index contributed by atoms with van der Waals surface area (Å²) in [6, 6.07) is 28.0. The average molecular weight is 622 g/mol. The number of nitrogens with zero attached hydrogens (tertiary/aromatic N) is 1.